The largest absolute Gasteiger partial charge is 0.394 e. The quantitative estimate of drug-likeness (QED) is 0.0955. The van der Waals surface area contributed by atoms with Gasteiger partial charge >= 0.3 is 0 Å². The van der Waals surface area contributed by atoms with Gasteiger partial charge in [-0.05, 0) is 38.5 Å². The van der Waals surface area contributed by atoms with E-state index in [1.807, 2.05) is 0 Å². The van der Waals surface area contributed by atoms with Crippen LogP contribution in [0.4, 0.5) is 0 Å². The van der Waals surface area contributed by atoms with Gasteiger partial charge in [0, 0.05) is 6.42 Å². The van der Waals surface area contributed by atoms with Gasteiger partial charge in [-0.3, -0.25) is 4.79 Å². The molecule has 0 radical (unpaired) electrons. The number of aliphatic hydroxyl groups is 2. The minimum atomic E-state index is -0.654. The summed E-state index contributed by atoms with van der Waals surface area (Å²) >= 11 is 0. The van der Waals surface area contributed by atoms with Gasteiger partial charge in [-0.25, -0.2) is 0 Å². The standard InChI is InChI=1S/C29H57NO3/c1-3-5-7-9-11-13-14-15-17-19-21-23-25-29(33)30-27(26-31)28(32)24-22-20-18-16-12-10-8-6-4-2/h11,13,27-28,31-32H,3-10,12,14-26H2,1-2H3,(H,30,33)/b13-11-. The SMILES string of the molecule is CCCCC/C=C\CCCCCCCC(=O)NC(CO)C(O)CCCCCCCCCCC. The number of carbonyl (C=O) groups is 1. The van der Waals surface area contributed by atoms with Crippen molar-refractivity contribution in [2.45, 2.75) is 161 Å². The van der Waals surface area contributed by atoms with Crippen molar-refractivity contribution >= 4 is 5.91 Å². The van der Waals surface area contributed by atoms with Crippen LogP contribution in [0.25, 0.3) is 0 Å². The Labute approximate surface area is 206 Å². The van der Waals surface area contributed by atoms with Gasteiger partial charge in [0.1, 0.15) is 0 Å². The van der Waals surface area contributed by atoms with Crippen LogP contribution in [0.3, 0.4) is 0 Å². The minimum absolute atomic E-state index is 0.0461. The van der Waals surface area contributed by atoms with Gasteiger partial charge < -0.3 is 15.5 Å². The molecule has 0 aromatic carbocycles. The lowest BCUT2D eigenvalue weighted by atomic mass is 10.0. The molecule has 0 rings (SSSR count). The van der Waals surface area contributed by atoms with Crippen LogP contribution in [0.15, 0.2) is 12.2 Å². The van der Waals surface area contributed by atoms with E-state index in [0.717, 1.165) is 25.7 Å². The topological polar surface area (TPSA) is 69.6 Å². The van der Waals surface area contributed by atoms with Crippen LogP contribution < -0.4 is 5.32 Å². The third-order valence-electron chi connectivity index (χ3n) is 6.53. The molecule has 0 aromatic heterocycles. The first-order valence-electron chi connectivity index (χ1n) is 14.4. The molecule has 1 amide bonds. The number of hydrogen-bond acceptors (Lipinski definition) is 3. The van der Waals surface area contributed by atoms with Crippen molar-refractivity contribution in [3.8, 4) is 0 Å². The average Bonchev–Trinajstić information content (AvgIpc) is 2.82. The number of rotatable bonds is 25. The van der Waals surface area contributed by atoms with Gasteiger partial charge in [-0.15, -0.1) is 0 Å². The van der Waals surface area contributed by atoms with E-state index in [0.29, 0.717) is 12.8 Å². The molecule has 0 aliphatic rings. The lowest BCUT2D eigenvalue weighted by Crippen LogP contribution is -2.45. The van der Waals surface area contributed by atoms with Crippen LogP contribution >= 0.6 is 0 Å². The summed E-state index contributed by atoms with van der Waals surface area (Å²) in [4.78, 5) is 12.2. The first-order chi connectivity index (χ1) is 16.2. The Kier molecular flexibility index (Phi) is 25.1. The summed E-state index contributed by atoms with van der Waals surface area (Å²) in [6.45, 7) is 4.28. The summed E-state index contributed by atoms with van der Waals surface area (Å²) < 4.78 is 0. The summed E-state index contributed by atoms with van der Waals surface area (Å²) in [5.41, 5.74) is 0. The highest BCUT2D eigenvalue weighted by Crippen LogP contribution is 2.13. The van der Waals surface area contributed by atoms with E-state index in [9.17, 15) is 15.0 Å². The van der Waals surface area contributed by atoms with E-state index in [2.05, 4.69) is 31.3 Å². The molecule has 3 N–H and O–H groups in total. The van der Waals surface area contributed by atoms with Gasteiger partial charge in [0.25, 0.3) is 0 Å². The Morgan fingerprint density at radius 2 is 1.15 bits per heavy atom. The molecule has 0 fully saturated rings. The highest BCUT2D eigenvalue weighted by atomic mass is 16.3. The van der Waals surface area contributed by atoms with Gasteiger partial charge in [-0.1, -0.05) is 116 Å². The molecule has 4 nitrogen and oxygen atoms in total. The summed E-state index contributed by atoms with van der Waals surface area (Å²) in [5.74, 6) is -0.0461. The predicted octanol–water partition coefficient (Wildman–Crippen LogP) is 7.61. The number of nitrogens with one attached hydrogen (secondary N) is 1. The van der Waals surface area contributed by atoms with Crippen LogP contribution in [-0.4, -0.2) is 34.9 Å². The van der Waals surface area contributed by atoms with Crippen molar-refractivity contribution in [3.63, 3.8) is 0 Å². The molecule has 0 saturated carbocycles. The number of carbonyl (C=O) groups excluding carboxylic acids is 1. The Balaban J connectivity index is 3.64. The zero-order valence-corrected chi connectivity index (χ0v) is 22.2. The second kappa shape index (κ2) is 25.7. The number of hydrogen-bond donors (Lipinski definition) is 3. The number of unbranched alkanes of at least 4 members (excludes halogenated alkanes) is 16. The Morgan fingerprint density at radius 1 is 0.697 bits per heavy atom. The fourth-order valence-corrected chi connectivity index (χ4v) is 4.23. The first kappa shape index (κ1) is 32.1. The third kappa shape index (κ3) is 22.7. The molecule has 196 valence electrons. The number of allylic oxidation sites excluding steroid dienone is 2. The second-order valence-corrected chi connectivity index (χ2v) is 9.81. The summed E-state index contributed by atoms with van der Waals surface area (Å²) in [7, 11) is 0. The average molecular weight is 468 g/mol. The molecule has 2 unspecified atom stereocenters. The van der Waals surface area contributed by atoms with E-state index in [1.165, 1.54) is 96.3 Å². The monoisotopic (exact) mass is 467 g/mol. The molecule has 0 aromatic rings. The van der Waals surface area contributed by atoms with Crippen molar-refractivity contribution in [2.24, 2.45) is 0 Å². The van der Waals surface area contributed by atoms with E-state index in [4.69, 9.17) is 0 Å². The molecular formula is C29H57NO3. The Bertz CT molecular complexity index is 439. The van der Waals surface area contributed by atoms with Gasteiger partial charge in [0.2, 0.25) is 5.91 Å². The highest BCUT2D eigenvalue weighted by Gasteiger charge is 2.19. The summed E-state index contributed by atoms with van der Waals surface area (Å²) in [6.07, 6.45) is 28.2. The third-order valence-corrected chi connectivity index (χ3v) is 6.53. The molecule has 4 heteroatoms. The van der Waals surface area contributed by atoms with Crippen molar-refractivity contribution in [2.75, 3.05) is 6.61 Å². The van der Waals surface area contributed by atoms with Crippen molar-refractivity contribution in [1.29, 1.82) is 0 Å². The normalized spacial score (nSPS) is 13.5. The van der Waals surface area contributed by atoms with Crippen LogP contribution in [0.5, 0.6) is 0 Å². The maximum Gasteiger partial charge on any atom is 0.220 e. The molecule has 0 heterocycles. The molecule has 0 bridgehead atoms. The smallest absolute Gasteiger partial charge is 0.220 e. The van der Waals surface area contributed by atoms with E-state index in [1.54, 1.807) is 0 Å². The van der Waals surface area contributed by atoms with Crippen LogP contribution in [0.1, 0.15) is 149 Å². The van der Waals surface area contributed by atoms with Gasteiger partial charge in [0.05, 0.1) is 18.8 Å². The minimum Gasteiger partial charge on any atom is -0.394 e. The lowest BCUT2D eigenvalue weighted by molar-refractivity contribution is -0.123. The molecule has 0 spiro atoms. The summed E-state index contributed by atoms with van der Waals surface area (Å²) in [5, 5.41) is 22.8. The molecule has 2 atom stereocenters. The molecule has 33 heavy (non-hydrogen) atoms. The molecule has 0 aliphatic carbocycles. The molecular weight excluding hydrogens is 410 g/mol. The Morgan fingerprint density at radius 3 is 1.73 bits per heavy atom. The van der Waals surface area contributed by atoms with Crippen molar-refractivity contribution in [1.82, 2.24) is 5.32 Å². The number of amides is 1. The van der Waals surface area contributed by atoms with Gasteiger partial charge in [0.15, 0.2) is 0 Å². The molecule has 0 aliphatic heterocycles. The predicted molar refractivity (Wildman–Crippen MR) is 142 cm³/mol. The first-order valence-corrected chi connectivity index (χ1v) is 14.4. The Hall–Kier alpha value is -0.870. The zero-order valence-electron chi connectivity index (χ0n) is 22.2. The molecule has 0 saturated heterocycles. The van der Waals surface area contributed by atoms with Crippen molar-refractivity contribution in [3.05, 3.63) is 12.2 Å². The van der Waals surface area contributed by atoms with E-state index in [-0.39, 0.29) is 12.5 Å². The lowest BCUT2D eigenvalue weighted by Gasteiger charge is -2.22. The summed E-state index contributed by atoms with van der Waals surface area (Å²) in [6, 6.07) is -0.532. The van der Waals surface area contributed by atoms with Gasteiger partial charge in [-0.2, -0.15) is 0 Å². The second-order valence-electron chi connectivity index (χ2n) is 9.81. The maximum absolute atomic E-state index is 12.2. The fraction of sp³-hybridized carbons (Fsp3) is 0.897. The zero-order chi connectivity index (χ0) is 24.4. The van der Waals surface area contributed by atoms with Crippen LogP contribution in [0.2, 0.25) is 0 Å². The highest BCUT2D eigenvalue weighted by molar-refractivity contribution is 5.76. The van der Waals surface area contributed by atoms with E-state index >= 15 is 0 Å². The van der Waals surface area contributed by atoms with Crippen LogP contribution in [0, 0.1) is 0 Å². The van der Waals surface area contributed by atoms with E-state index < -0.39 is 12.1 Å². The number of aliphatic hydroxyl groups excluding tert-OH is 2. The fourth-order valence-electron chi connectivity index (χ4n) is 4.23. The van der Waals surface area contributed by atoms with Crippen molar-refractivity contribution < 1.29 is 15.0 Å². The van der Waals surface area contributed by atoms with Crippen LogP contribution in [-0.2, 0) is 4.79 Å². The maximum atomic E-state index is 12.2.